The van der Waals surface area contributed by atoms with Crippen molar-refractivity contribution in [1.82, 2.24) is 0 Å². The van der Waals surface area contributed by atoms with Gasteiger partial charge < -0.3 is 0 Å². The van der Waals surface area contributed by atoms with Crippen LogP contribution in [0.3, 0.4) is 0 Å². The lowest BCUT2D eigenvalue weighted by Gasteiger charge is -2.22. The maximum absolute atomic E-state index is 2.29. The van der Waals surface area contributed by atoms with Crippen molar-refractivity contribution in [2.45, 2.75) is 33.1 Å². The van der Waals surface area contributed by atoms with Crippen LogP contribution in [0.25, 0.3) is 10.1 Å². The highest BCUT2D eigenvalue weighted by molar-refractivity contribution is 7.17. The Bertz CT molecular complexity index is 458. The topological polar surface area (TPSA) is 0 Å². The van der Waals surface area contributed by atoms with Gasteiger partial charge in [0.25, 0.3) is 0 Å². The van der Waals surface area contributed by atoms with Crippen molar-refractivity contribution in [2.75, 3.05) is 0 Å². The predicted molar refractivity (Wildman–Crippen MR) is 65.3 cm³/mol. The number of rotatable bonds is 0. The molecule has 0 fully saturated rings. The second kappa shape index (κ2) is 3.09. The van der Waals surface area contributed by atoms with Gasteiger partial charge in [0.2, 0.25) is 0 Å². The zero-order valence-corrected chi connectivity index (χ0v) is 10.0. The van der Waals surface area contributed by atoms with Gasteiger partial charge in [0, 0.05) is 4.70 Å². The first-order valence-corrected chi connectivity index (χ1v) is 5.85. The molecular formula is C13H16S. The Morgan fingerprint density at radius 3 is 2.43 bits per heavy atom. The van der Waals surface area contributed by atoms with Crippen molar-refractivity contribution in [3.63, 3.8) is 0 Å². The van der Waals surface area contributed by atoms with Crippen LogP contribution in [-0.4, -0.2) is 0 Å². The van der Waals surface area contributed by atoms with Gasteiger partial charge in [-0.15, -0.1) is 11.3 Å². The Morgan fingerprint density at radius 1 is 1.07 bits per heavy atom. The fourth-order valence-corrected chi connectivity index (χ4v) is 3.27. The number of thiophene rings is 1. The SMILES string of the molecule is Cc1ccc2ccsc2c1C(C)(C)C. The standard InChI is InChI=1S/C13H16S/c1-9-5-6-10-7-8-14-12(10)11(9)13(2,3)4/h5-8H,1-4H3. The molecule has 0 saturated heterocycles. The van der Waals surface area contributed by atoms with Crippen LogP contribution < -0.4 is 0 Å². The molecule has 0 aliphatic rings. The molecule has 1 aromatic heterocycles. The van der Waals surface area contributed by atoms with E-state index < -0.39 is 0 Å². The van der Waals surface area contributed by atoms with Gasteiger partial charge in [0.15, 0.2) is 0 Å². The minimum atomic E-state index is 0.244. The lowest BCUT2D eigenvalue weighted by Crippen LogP contribution is -2.13. The van der Waals surface area contributed by atoms with Crippen LogP contribution in [0.4, 0.5) is 0 Å². The van der Waals surface area contributed by atoms with Crippen molar-refractivity contribution < 1.29 is 0 Å². The summed E-state index contributed by atoms with van der Waals surface area (Å²) in [4.78, 5) is 0. The molecule has 0 atom stereocenters. The molecule has 0 spiro atoms. The smallest absolute Gasteiger partial charge is 0.0382 e. The number of fused-ring (bicyclic) bond motifs is 1. The summed E-state index contributed by atoms with van der Waals surface area (Å²) in [5.41, 5.74) is 3.16. The van der Waals surface area contributed by atoms with Crippen molar-refractivity contribution in [3.05, 3.63) is 34.7 Å². The minimum absolute atomic E-state index is 0.244. The van der Waals surface area contributed by atoms with Gasteiger partial charge in [-0.25, -0.2) is 0 Å². The quantitative estimate of drug-likeness (QED) is 0.592. The van der Waals surface area contributed by atoms with Crippen LogP contribution >= 0.6 is 11.3 Å². The van der Waals surface area contributed by atoms with Gasteiger partial charge in [0.05, 0.1) is 0 Å². The highest BCUT2D eigenvalue weighted by atomic mass is 32.1. The van der Waals surface area contributed by atoms with Gasteiger partial charge in [-0.2, -0.15) is 0 Å². The molecule has 2 aromatic rings. The van der Waals surface area contributed by atoms with Crippen LogP contribution in [-0.2, 0) is 5.41 Å². The molecule has 74 valence electrons. The summed E-state index contributed by atoms with van der Waals surface area (Å²) in [7, 11) is 0. The van der Waals surface area contributed by atoms with Crippen molar-refractivity contribution >= 4 is 21.4 Å². The third-order valence-electron chi connectivity index (χ3n) is 2.58. The Morgan fingerprint density at radius 2 is 1.79 bits per heavy atom. The van der Waals surface area contributed by atoms with Crippen LogP contribution in [0.5, 0.6) is 0 Å². The fraction of sp³-hybridized carbons (Fsp3) is 0.385. The first-order chi connectivity index (χ1) is 6.50. The van der Waals surface area contributed by atoms with Crippen LogP contribution in [0.15, 0.2) is 23.6 Å². The fourth-order valence-electron chi connectivity index (χ4n) is 2.06. The van der Waals surface area contributed by atoms with Crippen LogP contribution in [0.1, 0.15) is 31.9 Å². The number of hydrogen-bond acceptors (Lipinski definition) is 1. The Hall–Kier alpha value is -0.820. The zero-order chi connectivity index (χ0) is 10.3. The molecule has 1 heteroatoms. The lowest BCUT2D eigenvalue weighted by atomic mass is 9.83. The Labute approximate surface area is 89.6 Å². The van der Waals surface area contributed by atoms with Gasteiger partial charge in [-0.3, -0.25) is 0 Å². The van der Waals surface area contributed by atoms with Crippen molar-refractivity contribution in [2.24, 2.45) is 0 Å². The molecule has 14 heavy (non-hydrogen) atoms. The second-order valence-corrected chi connectivity index (χ2v) is 5.76. The first kappa shape index (κ1) is 9.72. The van der Waals surface area contributed by atoms with E-state index in [0.29, 0.717) is 0 Å². The molecule has 0 unspecified atom stereocenters. The van der Waals surface area contributed by atoms with Gasteiger partial charge in [-0.1, -0.05) is 32.9 Å². The molecule has 2 rings (SSSR count). The summed E-state index contributed by atoms with van der Waals surface area (Å²) in [5, 5.41) is 3.56. The average molecular weight is 204 g/mol. The molecule has 0 bridgehead atoms. The molecule has 0 N–H and O–H groups in total. The Kier molecular flexibility index (Phi) is 2.15. The summed E-state index contributed by atoms with van der Waals surface area (Å²) >= 11 is 1.85. The second-order valence-electron chi connectivity index (χ2n) is 4.85. The van der Waals surface area contributed by atoms with E-state index in [9.17, 15) is 0 Å². The van der Waals surface area contributed by atoms with E-state index in [1.807, 2.05) is 11.3 Å². The van der Waals surface area contributed by atoms with Crippen LogP contribution in [0.2, 0.25) is 0 Å². The number of hydrogen-bond donors (Lipinski definition) is 0. The molecule has 0 radical (unpaired) electrons. The van der Waals surface area contributed by atoms with E-state index in [2.05, 4.69) is 51.3 Å². The largest absolute Gasteiger partial charge is 0.143 e. The van der Waals surface area contributed by atoms with Gasteiger partial charge in [-0.05, 0) is 40.3 Å². The average Bonchev–Trinajstić information content (AvgIpc) is 2.48. The summed E-state index contributed by atoms with van der Waals surface area (Å²) in [6, 6.07) is 6.65. The molecule has 0 aliphatic carbocycles. The molecule has 0 nitrogen and oxygen atoms in total. The maximum atomic E-state index is 2.29. The van der Waals surface area contributed by atoms with Crippen LogP contribution in [0, 0.1) is 6.92 Å². The molecule has 0 aliphatic heterocycles. The monoisotopic (exact) mass is 204 g/mol. The first-order valence-electron chi connectivity index (χ1n) is 4.97. The van der Waals surface area contributed by atoms with Crippen molar-refractivity contribution in [3.8, 4) is 0 Å². The summed E-state index contributed by atoms with van der Waals surface area (Å²) < 4.78 is 1.46. The van der Waals surface area contributed by atoms with E-state index >= 15 is 0 Å². The molecule has 1 aromatic carbocycles. The van der Waals surface area contributed by atoms with E-state index in [-0.39, 0.29) is 5.41 Å². The maximum Gasteiger partial charge on any atom is 0.0382 e. The highest BCUT2D eigenvalue weighted by Crippen LogP contribution is 2.35. The van der Waals surface area contributed by atoms with E-state index in [1.165, 1.54) is 21.2 Å². The minimum Gasteiger partial charge on any atom is -0.143 e. The summed E-state index contributed by atoms with van der Waals surface area (Å²) in [6.07, 6.45) is 0. The van der Waals surface area contributed by atoms with E-state index in [4.69, 9.17) is 0 Å². The number of aryl methyl sites for hydroxylation is 1. The van der Waals surface area contributed by atoms with Crippen molar-refractivity contribution in [1.29, 1.82) is 0 Å². The third-order valence-corrected chi connectivity index (χ3v) is 3.53. The summed E-state index contributed by atoms with van der Waals surface area (Å²) in [5.74, 6) is 0. The van der Waals surface area contributed by atoms with Gasteiger partial charge >= 0.3 is 0 Å². The Balaban J connectivity index is 2.83. The number of benzene rings is 1. The molecule has 1 heterocycles. The lowest BCUT2D eigenvalue weighted by molar-refractivity contribution is 0.593. The third kappa shape index (κ3) is 1.46. The zero-order valence-electron chi connectivity index (χ0n) is 9.22. The van der Waals surface area contributed by atoms with E-state index in [0.717, 1.165) is 0 Å². The summed E-state index contributed by atoms with van der Waals surface area (Å²) in [6.45, 7) is 9.07. The predicted octanol–water partition coefficient (Wildman–Crippen LogP) is 4.51. The molecule has 0 amide bonds. The normalized spacial score (nSPS) is 12.3. The highest BCUT2D eigenvalue weighted by Gasteiger charge is 2.19. The molecular weight excluding hydrogens is 188 g/mol. The van der Waals surface area contributed by atoms with Gasteiger partial charge in [0.1, 0.15) is 0 Å². The molecule has 0 saturated carbocycles. The van der Waals surface area contributed by atoms with E-state index in [1.54, 1.807) is 0 Å².